The fourth-order valence-corrected chi connectivity index (χ4v) is 13.2. The summed E-state index contributed by atoms with van der Waals surface area (Å²) in [6.07, 6.45) is -0.174. The van der Waals surface area contributed by atoms with Crippen LogP contribution in [0.15, 0.2) is 11.6 Å². The lowest BCUT2D eigenvalue weighted by atomic mass is 9.33. The van der Waals surface area contributed by atoms with Crippen molar-refractivity contribution in [2.24, 2.45) is 50.2 Å². The summed E-state index contributed by atoms with van der Waals surface area (Å²) in [5.41, 5.74) is -1.24. The average Bonchev–Trinajstić information content (AvgIpc) is 3.08. The second kappa shape index (κ2) is 14.9. The lowest BCUT2D eigenvalue weighted by Crippen LogP contribution is -2.68. The second-order valence-electron chi connectivity index (χ2n) is 20.3. The fourth-order valence-electron chi connectivity index (χ4n) is 13.2. The topological polar surface area (TPSA) is 181 Å². The van der Waals surface area contributed by atoms with E-state index >= 15 is 4.79 Å². The molecule has 0 bridgehead atoms. The lowest BCUT2D eigenvalue weighted by Gasteiger charge is -2.71. The zero-order valence-corrected chi connectivity index (χ0v) is 35.8. The summed E-state index contributed by atoms with van der Waals surface area (Å²) in [6.45, 7) is 20.0. The number of hydrogen-bond donors (Lipinski definition) is 2. The van der Waals surface area contributed by atoms with Crippen molar-refractivity contribution in [3.63, 3.8) is 0 Å². The highest BCUT2D eigenvalue weighted by atomic mass is 16.7. The first-order chi connectivity index (χ1) is 26.3. The van der Waals surface area contributed by atoms with Gasteiger partial charge in [0.25, 0.3) is 0 Å². The fraction of sp³-hybridized carbons (Fsp3) is 0.841. The van der Waals surface area contributed by atoms with E-state index in [2.05, 4.69) is 54.5 Å². The zero-order valence-electron chi connectivity index (χ0n) is 35.8. The first kappa shape index (κ1) is 43.5. The van der Waals surface area contributed by atoms with Crippen molar-refractivity contribution >= 4 is 29.8 Å². The van der Waals surface area contributed by atoms with E-state index in [-0.39, 0.29) is 33.7 Å². The van der Waals surface area contributed by atoms with Crippen LogP contribution in [0.2, 0.25) is 0 Å². The molecule has 13 nitrogen and oxygen atoms in total. The largest absolute Gasteiger partial charge is 0.463 e. The van der Waals surface area contributed by atoms with Crippen LogP contribution in [-0.2, 0) is 52.4 Å². The van der Waals surface area contributed by atoms with Gasteiger partial charge in [0.2, 0.25) is 12.4 Å². The van der Waals surface area contributed by atoms with Gasteiger partial charge < -0.3 is 38.6 Å². The molecular weight excluding hydrogens is 736 g/mol. The normalized spacial score (nSPS) is 44.3. The van der Waals surface area contributed by atoms with Gasteiger partial charge in [0, 0.05) is 27.7 Å². The molecule has 1 heterocycles. The Bertz CT molecular complexity index is 1670. The smallest absolute Gasteiger partial charge is 0.317 e. The molecule has 5 fully saturated rings. The lowest BCUT2D eigenvalue weighted by molar-refractivity contribution is -0.306. The predicted molar refractivity (Wildman–Crippen MR) is 204 cm³/mol. The Labute approximate surface area is 337 Å². The summed E-state index contributed by atoms with van der Waals surface area (Å²) in [5.74, 6) is -3.49. The number of carbonyl (C=O) groups excluding carboxylic acids is 5. The molecule has 5 aliphatic carbocycles. The molecule has 0 aromatic rings. The number of aliphatic hydroxyl groups excluding tert-OH is 2. The van der Waals surface area contributed by atoms with E-state index in [1.807, 2.05) is 0 Å². The molecular formula is C44H66O13. The third-order valence-electron chi connectivity index (χ3n) is 16.2. The first-order valence-electron chi connectivity index (χ1n) is 20.9. The Morgan fingerprint density at radius 3 is 1.93 bits per heavy atom. The maximum absolute atomic E-state index is 15.2. The van der Waals surface area contributed by atoms with E-state index in [9.17, 15) is 29.4 Å². The molecule has 13 heteroatoms. The number of aliphatic hydroxyl groups is 2. The van der Waals surface area contributed by atoms with Gasteiger partial charge in [0.05, 0.1) is 12.2 Å². The molecule has 6 rings (SSSR count). The molecule has 1 aliphatic heterocycles. The van der Waals surface area contributed by atoms with Gasteiger partial charge in [-0.05, 0) is 103 Å². The maximum Gasteiger partial charge on any atom is 0.317 e. The Balaban J connectivity index is 1.40. The molecule has 4 saturated carbocycles. The van der Waals surface area contributed by atoms with Gasteiger partial charge in [0.15, 0.2) is 12.2 Å². The van der Waals surface area contributed by atoms with Crippen molar-refractivity contribution < 1.29 is 62.6 Å². The predicted octanol–water partition coefficient (Wildman–Crippen LogP) is 5.75. The van der Waals surface area contributed by atoms with Gasteiger partial charge in [-0.2, -0.15) is 0 Å². The summed E-state index contributed by atoms with van der Waals surface area (Å²) in [7, 11) is 0. The van der Waals surface area contributed by atoms with Gasteiger partial charge in [-0.15, -0.1) is 0 Å². The van der Waals surface area contributed by atoms with Crippen molar-refractivity contribution in [2.45, 2.75) is 177 Å². The molecule has 0 amide bonds. The monoisotopic (exact) mass is 802 g/mol. The molecule has 320 valence electrons. The molecule has 4 unspecified atom stereocenters. The van der Waals surface area contributed by atoms with E-state index in [0.717, 1.165) is 52.9 Å². The highest BCUT2D eigenvalue weighted by Gasteiger charge is 2.72. The van der Waals surface area contributed by atoms with Crippen molar-refractivity contribution in [3.05, 3.63) is 11.6 Å². The highest BCUT2D eigenvalue weighted by molar-refractivity contribution is 5.80. The molecule has 0 aromatic carbocycles. The Morgan fingerprint density at radius 2 is 1.32 bits per heavy atom. The van der Waals surface area contributed by atoms with Gasteiger partial charge in [-0.3, -0.25) is 24.0 Å². The Morgan fingerprint density at radius 1 is 0.702 bits per heavy atom. The minimum absolute atomic E-state index is 0.0137. The minimum Gasteiger partial charge on any atom is -0.463 e. The van der Waals surface area contributed by atoms with Crippen LogP contribution in [0.3, 0.4) is 0 Å². The highest BCUT2D eigenvalue weighted by Crippen LogP contribution is 2.76. The molecule has 6 aliphatic rings. The Hall–Kier alpha value is -3.03. The minimum atomic E-state index is -1.69. The third kappa shape index (κ3) is 7.13. The SMILES string of the molecule is CC(=O)OCC1O[C@H](OC(=O)[C@]23CCC(C)(C)C[C@H]2C2=CC[C@@H]4[C@@]5(C)CC[C@H](O)C(C)(C)[C@@H]5CC[C@@]4(C)[C@]2(C)CC3O)C(OC(C)=O)C(OC(C)=O)[C@H]1OC(C)=O. The van der Waals surface area contributed by atoms with Gasteiger partial charge in [0.1, 0.15) is 18.1 Å². The summed E-state index contributed by atoms with van der Waals surface area (Å²) in [5, 5.41) is 23.8. The number of esters is 5. The summed E-state index contributed by atoms with van der Waals surface area (Å²) in [4.78, 5) is 64.4. The van der Waals surface area contributed by atoms with Crippen molar-refractivity contribution in [1.82, 2.24) is 0 Å². The summed E-state index contributed by atoms with van der Waals surface area (Å²) < 4.78 is 34.5. The number of carbonyl (C=O) groups is 5. The van der Waals surface area contributed by atoms with E-state index in [0.29, 0.717) is 37.5 Å². The number of hydrogen-bond acceptors (Lipinski definition) is 13. The van der Waals surface area contributed by atoms with E-state index in [1.54, 1.807) is 0 Å². The second-order valence-corrected chi connectivity index (χ2v) is 20.3. The van der Waals surface area contributed by atoms with Crippen LogP contribution in [0, 0.1) is 50.2 Å². The van der Waals surface area contributed by atoms with Gasteiger partial charge >= 0.3 is 29.8 Å². The van der Waals surface area contributed by atoms with Crippen molar-refractivity contribution in [1.29, 1.82) is 0 Å². The van der Waals surface area contributed by atoms with Crippen molar-refractivity contribution in [3.8, 4) is 0 Å². The van der Waals surface area contributed by atoms with Crippen LogP contribution in [0.25, 0.3) is 0 Å². The molecule has 14 atom stereocenters. The molecule has 0 aromatic heterocycles. The van der Waals surface area contributed by atoms with Crippen LogP contribution < -0.4 is 0 Å². The first-order valence-corrected chi connectivity index (χ1v) is 20.9. The standard InChI is InChI=1S/C44H66O13/c1-23(45)52-22-29-34(53-24(2)46)35(54-25(3)47)36(55-26(4)48)37(56-29)57-38(51)44-19-18-39(5,6)20-28(44)27-12-13-31-41(9)16-15-32(49)40(7,8)30(41)14-17-42(31,10)43(27,11)21-33(44)50/h12,28-37,49-50H,13-22H2,1-11H3/t28-,29?,30-,31+,32-,33?,34-,35?,36?,37+,41-,42+,43+,44+/m0/s1. The summed E-state index contributed by atoms with van der Waals surface area (Å²) in [6, 6.07) is 0. The molecule has 1 saturated heterocycles. The van der Waals surface area contributed by atoms with Crippen LogP contribution in [0.4, 0.5) is 0 Å². The number of ether oxygens (including phenoxy) is 6. The number of allylic oxidation sites excluding steroid dienone is 2. The molecule has 2 N–H and O–H groups in total. The maximum atomic E-state index is 15.2. The van der Waals surface area contributed by atoms with Crippen LogP contribution in [0.1, 0.15) is 134 Å². The third-order valence-corrected chi connectivity index (χ3v) is 16.2. The van der Waals surface area contributed by atoms with Gasteiger partial charge in [-0.25, -0.2) is 0 Å². The van der Waals surface area contributed by atoms with E-state index in [4.69, 9.17) is 28.4 Å². The van der Waals surface area contributed by atoms with E-state index in [1.165, 1.54) is 12.5 Å². The van der Waals surface area contributed by atoms with Crippen LogP contribution >= 0.6 is 0 Å². The summed E-state index contributed by atoms with van der Waals surface area (Å²) >= 11 is 0. The van der Waals surface area contributed by atoms with E-state index < -0.39 is 84.1 Å². The molecule has 0 spiro atoms. The number of fused-ring (bicyclic) bond motifs is 7. The van der Waals surface area contributed by atoms with Gasteiger partial charge in [-0.1, -0.05) is 60.1 Å². The molecule has 0 radical (unpaired) electrons. The number of rotatable bonds is 7. The van der Waals surface area contributed by atoms with Crippen molar-refractivity contribution in [2.75, 3.05) is 6.61 Å². The van der Waals surface area contributed by atoms with Crippen LogP contribution in [-0.4, -0.2) is 89.6 Å². The van der Waals surface area contributed by atoms with Crippen LogP contribution in [0.5, 0.6) is 0 Å². The average molecular weight is 803 g/mol. The quantitative estimate of drug-likeness (QED) is 0.181. The zero-order chi connectivity index (χ0) is 42.3. The Kier molecular flexibility index (Phi) is 11.4. The molecule has 57 heavy (non-hydrogen) atoms.